The smallest absolute Gasteiger partial charge is 0.322 e. The highest BCUT2D eigenvalue weighted by Gasteiger charge is 2.31. The Hall–Kier alpha value is -1.91. The van der Waals surface area contributed by atoms with Gasteiger partial charge in [-0.1, -0.05) is 0 Å². The van der Waals surface area contributed by atoms with Gasteiger partial charge in [0.05, 0.1) is 19.5 Å². The summed E-state index contributed by atoms with van der Waals surface area (Å²) in [5, 5.41) is 3.67. The van der Waals surface area contributed by atoms with Crippen molar-refractivity contribution in [1.29, 1.82) is 0 Å². The molecule has 0 saturated carbocycles. The minimum Gasteiger partial charge on any atom is -0.468 e. The van der Waals surface area contributed by atoms with E-state index in [1.54, 1.807) is 6.33 Å². The minimum atomic E-state index is -0.194. The molecule has 4 atom stereocenters. The van der Waals surface area contributed by atoms with Crippen molar-refractivity contribution in [3.05, 3.63) is 12.7 Å². The summed E-state index contributed by atoms with van der Waals surface area (Å²) in [5.41, 5.74) is 7.18. The number of nitrogen functional groups attached to an aromatic ring is 1. The Balaban J connectivity index is 1.32. The number of esters is 1. The van der Waals surface area contributed by atoms with E-state index in [1.807, 2.05) is 16.3 Å². The molecule has 2 fully saturated rings. The molecular formula is C17H24N6O3S. The maximum Gasteiger partial charge on any atom is 0.322 e. The molecule has 2 aromatic heterocycles. The van der Waals surface area contributed by atoms with Gasteiger partial charge in [0, 0.05) is 11.0 Å². The highest BCUT2D eigenvalue weighted by Crippen LogP contribution is 2.34. The van der Waals surface area contributed by atoms with E-state index in [4.69, 9.17) is 15.2 Å². The number of fused-ring (bicyclic) bond motifs is 1. The number of rotatable bonds is 5. The molecule has 9 nitrogen and oxygen atoms in total. The average molecular weight is 392 g/mol. The van der Waals surface area contributed by atoms with Crippen molar-refractivity contribution in [1.82, 2.24) is 24.8 Å². The third kappa shape index (κ3) is 3.87. The second-order valence-corrected chi connectivity index (χ2v) is 8.22. The molecule has 4 heterocycles. The molecule has 27 heavy (non-hydrogen) atoms. The number of piperidine rings is 1. The minimum absolute atomic E-state index is 0.0780. The van der Waals surface area contributed by atoms with E-state index in [1.165, 1.54) is 13.4 Å². The Morgan fingerprint density at radius 1 is 1.41 bits per heavy atom. The second-order valence-electron chi connectivity index (χ2n) is 6.88. The van der Waals surface area contributed by atoms with Gasteiger partial charge >= 0.3 is 5.97 Å². The van der Waals surface area contributed by atoms with Gasteiger partial charge in [-0.05, 0) is 32.2 Å². The SMILES string of the molecule is COC(=O)C1CC(SC[C@@H]2CC[C@H](n3cnc4c(N)ncnc43)O2)CCN1. The molecule has 2 aromatic rings. The number of nitrogens with one attached hydrogen (secondary N) is 1. The summed E-state index contributed by atoms with van der Waals surface area (Å²) >= 11 is 1.89. The van der Waals surface area contributed by atoms with Gasteiger partial charge in [0.15, 0.2) is 11.5 Å². The molecule has 4 rings (SSSR count). The standard InChI is InChI=1S/C17H24N6O3S/c1-25-17(24)12-6-11(4-5-19-12)27-7-10-2-3-13(26-10)23-9-22-14-15(18)20-8-21-16(14)23/h8-13,19H,2-7H2,1H3,(H2,18,20,21)/t10-,11?,12?,13+/m0/s1. The quantitative estimate of drug-likeness (QED) is 0.722. The summed E-state index contributed by atoms with van der Waals surface area (Å²) in [5.74, 6) is 1.12. The van der Waals surface area contributed by atoms with Gasteiger partial charge in [-0.3, -0.25) is 9.36 Å². The lowest BCUT2D eigenvalue weighted by Gasteiger charge is -2.28. The summed E-state index contributed by atoms with van der Waals surface area (Å²) in [7, 11) is 1.44. The Morgan fingerprint density at radius 2 is 2.30 bits per heavy atom. The van der Waals surface area contributed by atoms with Crippen LogP contribution in [0.3, 0.4) is 0 Å². The van der Waals surface area contributed by atoms with E-state index >= 15 is 0 Å². The molecule has 0 amide bonds. The molecule has 0 spiro atoms. The zero-order chi connectivity index (χ0) is 18.8. The number of imidazole rings is 1. The van der Waals surface area contributed by atoms with E-state index < -0.39 is 0 Å². The molecule has 2 aliphatic rings. The lowest BCUT2D eigenvalue weighted by atomic mass is 10.0. The third-order valence-corrected chi connectivity index (χ3v) is 6.61. The highest BCUT2D eigenvalue weighted by molar-refractivity contribution is 7.99. The van der Waals surface area contributed by atoms with Crippen molar-refractivity contribution in [3.8, 4) is 0 Å². The lowest BCUT2D eigenvalue weighted by Crippen LogP contribution is -2.45. The van der Waals surface area contributed by atoms with Crippen LogP contribution in [0.25, 0.3) is 11.2 Å². The van der Waals surface area contributed by atoms with Gasteiger partial charge < -0.3 is 20.5 Å². The van der Waals surface area contributed by atoms with E-state index in [2.05, 4.69) is 20.3 Å². The number of carbonyl (C=O) groups excluding carboxylic acids is 1. The van der Waals surface area contributed by atoms with E-state index in [0.717, 1.165) is 38.0 Å². The predicted octanol–water partition coefficient (Wildman–Crippen LogP) is 1.11. The zero-order valence-electron chi connectivity index (χ0n) is 15.2. The molecule has 2 aliphatic heterocycles. The number of hydrogen-bond acceptors (Lipinski definition) is 9. The number of aromatic nitrogens is 4. The van der Waals surface area contributed by atoms with Gasteiger partial charge in [0.1, 0.15) is 24.1 Å². The van der Waals surface area contributed by atoms with Gasteiger partial charge in [0.2, 0.25) is 0 Å². The predicted molar refractivity (Wildman–Crippen MR) is 102 cm³/mol. The Labute approximate surface area is 161 Å². The number of hydrogen-bond donors (Lipinski definition) is 2. The van der Waals surface area contributed by atoms with Crippen molar-refractivity contribution in [3.63, 3.8) is 0 Å². The van der Waals surface area contributed by atoms with E-state index in [-0.39, 0.29) is 24.3 Å². The van der Waals surface area contributed by atoms with E-state index in [9.17, 15) is 4.79 Å². The molecule has 0 aliphatic carbocycles. The molecule has 2 saturated heterocycles. The van der Waals surface area contributed by atoms with Crippen molar-refractivity contribution in [2.24, 2.45) is 0 Å². The molecule has 10 heteroatoms. The lowest BCUT2D eigenvalue weighted by molar-refractivity contribution is -0.143. The van der Waals surface area contributed by atoms with Gasteiger partial charge in [-0.2, -0.15) is 11.8 Å². The normalized spacial score (nSPS) is 28.5. The molecule has 0 bridgehead atoms. The van der Waals surface area contributed by atoms with E-state index in [0.29, 0.717) is 22.2 Å². The number of methoxy groups -OCH3 is 1. The molecule has 3 N–H and O–H groups in total. The molecular weight excluding hydrogens is 368 g/mol. The van der Waals surface area contributed by atoms with Crippen LogP contribution in [0.4, 0.5) is 5.82 Å². The average Bonchev–Trinajstić information content (AvgIpc) is 3.33. The van der Waals surface area contributed by atoms with Crippen molar-refractivity contribution < 1.29 is 14.3 Å². The van der Waals surface area contributed by atoms with Crippen LogP contribution in [-0.2, 0) is 14.3 Å². The summed E-state index contributed by atoms with van der Waals surface area (Å²) in [4.78, 5) is 24.3. The number of ether oxygens (including phenoxy) is 2. The first-order valence-electron chi connectivity index (χ1n) is 9.17. The Kier molecular flexibility index (Phi) is 5.46. The second kappa shape index (κ2) is 7.99. The largest absolute Gasteiger partial charge is 0.468 e. The fourth-order valence-corrected chi connectivity index (χ4v) is 5.04. The maximum absolute atomic E-state index is 11.7. The fraction of sp³-hybridized carbons (Fsp3) is 0.647. The van der Waals surface area contributed by atoms with Gasteiger partial charge in [-0.15, -0.1) is 0 Å². The van der Waals surface area contributed by atoms with Crippen molar-refractivity contribution in [2.75, 3.05) is 25.1 Å². The third-order valence-electron chi connectivity index (χ3n) is 5.14. The van der Waals surface area contributed by atoms with Crippen molar-refractivity contribution >= 4 is 34.7 Å². The molecule has 146 valence electrons. The highest BCUT2D eigenvalue weighted by atomic mass is 32.2. The Morgan fingerprint density at radius 3 is 3.15 bits per heavy atom. The van der Waals surface area contributed by atoms with Crippen LogP contribution in [0.15, 0.2) is 12.7 Å². The number of nitrogens with two attached hydrogens (primary N) is 1. The molecule has 2 unspecified atom stereocenters. The summed E-state index contributed by atoms with van der Waals surface area (Å²) in [6, 6.07) is -0.194. The van der Waals surface area contributed by atoms with Crippen LogP contribution >= 0.6 is 11.8 Å². The monoisotopic (exact) mass is 392 g/mol. The summed E-state index contributed by atoms with van der Waals surface area (Å²) in [6.45, 7) is 0.841. The van der Waals surface area contributed by atoms with Crippen molar-refractivity contribution in [2.45, 2.75) is 49.3 Å². The summed E-state index contributed by atoms with van der Waals surface area (Å²) in [6.07, 6.45) is 7.04. The first-order chi connectivity index (χ1) is 13.2. The zero-order valence-corrected chi connectivity index (χ0v) is 16.0. The van der Waals surface area contributed by atoms with Crippen LogP contribution < -0.4 is 11.1 Å². The van der Waals surface area contributed by atoms with Crippen LogP contribution in [0.5, 0.6) is 0 Å². The fourth-order valence-electron chi connectivity index (χ4n) is 3.69. The summed E-state index contributed by atoms with van der Waals surface area (Å²) < 4.78 is 13.0. The first kappa shape index (κ1) is 18.5. The number of thioether (sulfide) groups is 1. The van der Waals surface area contributed by atoms with Crippen LogP contribution in [0, 0.1) is 0 Å². The van der Waals surface area contributed by atoms with Gasteiger partial charge in [-0.25, -0.2) is 15.0 Å². The number of anilines is 1. The van der Waals surface area contributed by atoms with Crippen LogP contribution in [0.1, 0.15) is 31.9 Å². The number of nitrogens with zero attached hydrogens (tertiary/aromatic N) is 4. The Bertz CT molecular complexity index is 815. The van der Waals surface area contributed by atoms with Crippen LogP contribution in [0.2, 0.25) is 0 Å². The molecule has 0 aromatic carbocycles. The molecule has 0 radical (unpaired) electrons. The number of carbonyl (C=O) groups is 1. The van der Waals surface area contributed by atoms with Gasteiger partial charge in [0.25, 0.3) is 0 Å². The van der Waals surface area contributed by atoms with Crippen LogP contribution in [-0.4, -0.2) is 62.3 Å². The first-order valence-corrected chi connectivity index (χ1v) is 10.2. The maximum atomic E-state index is 11.7. The topological polar surface area (TPSA) is 117 Å².